The number of alkyl halides is 3. The molecule has 0 fully saturated rings. The fraction of sp³-hybridized carbons (Fsp3) is 0.0526. The van der Waals surface area contributed by atoms with Crippen molar-refractivity contribution in [3.05, 3.63) is 80.6 Å². The highest BCUT2D eigenvalue weighted by Crippen LogP contribution is 2.32. The Morgan fingerprint density at radius 1 is 1.21 bits per heavy atom. The summed E-state index contributed by atoms with van der Waals surface area (Å²) in [5.74, 6) is -0.139. The van der Waals surface area contributed by atoms with Crippen molar-refractivity contribution in [2.24, 2.45) is 5.10 Å². The average molecular weight is 418 g/mol. The third kappa shape index (κ3) is 4.62. The lowest BCUT2D eigenvalue weighted by Crippen LogP contribution is -2.16. The summed E-state index contributed by atoms with van der Waals surface area (Å²) in [5.41, 5.74) is 0.930. The van der Waals surface area contributed by atoms with Crippen LogP contribution >= 0.6 is 11.6 Å². The van der Waals surface area contributed by atoms with Gasteiger partial charge >= 0.3 is 6.18 Å². The summed E-state index contributed by atoms with van der Waals surface area (Å²) >= 11 is 5.77. The number of aromatic amines is 1. The van der Waals surface area contributed by atoms with Gasteiger partial charge in [-0.05, 0) is 18.2 Å². The molecule has 29 heavy (non-hydrogen) atoms. The monoisotopic (exact) mass is 417 g/mol. The second-order valence-electron chi connectivity index (χ2n) is 5.72. The van der Waals surface area contributed by atoms with Crippen LogP contribution in [-0.4, -0.2) is 16.2 Å². The van der Waals surface area contributed by atoms with E-state index in [2.05, 4.69) is 20.5 Å². The second kappa shape index (κ2) is 8.16. The summed E-state index contributed by atoms with van der Waals surface area (Å²) < 4.78 is 39.3. The molecule has 1 aromatic heterocycles. The maximum absolute atomic E-state index is 13.1. The number of rotatable bonds is 4. The maximum Gasteiger partial charge on any atom is 0.417 e. The summed E-state index contributed by atoms with van der Waals surface area (Å²) in [7, 11) is 0. The minimum Gasteiger partial charge on any atom is -0.290 e. The summed E-state index contributed by atoms with van der Waals surface area (Å²) in [6.45, 7) is 0. The molecular weight excluding hydrogens is 407 g/mol. The number of hydrogen-bond donors (Lipinski definition) is 2. The van der Waals surface area contributed by atoms with Gasteiger partial charge in [0.05, 0.1) is 17.5 Å². The van der Waals surface area contributed by atoms with Crippen molar-refractivity contribution in [1.82, 2.24) is 9.97 Å². The first-order chi connectivity index (χ1) is 13.8. The molecule has 0 bridgehead atoms. The van der Waals surface area contributed by atoms with E-state index < -0.39 is 17.3 Å². The fourth-order valence-electron chi connectivity index (χ4n) is 2.50. The Bertz CT molecular complexity index is 1170. The fourth-order valence-corrected chi connectivity index (χ4v) is 2.68. The number of nitrogens with one attached hydrogen (secondary N) is 2. The van der Waals surface area contributed by atoms with Gasteiger partial charge in [0, 0.05) is 16.1 Å². The minimum atomic E-state index is -4.59. The minimum absolute atomic E-state index is 0.107. The third-order valence-electron chi connectivity index (χ3n) is 3.77. The number of hydrogen-bond acceptors (Lipinski definition) is 5. The van der Waals surface area contributed by atoms with Crippen LogP contribution < -0.4 is 11.0 Å². The van der Waals surface area contributed by atoms with Crippen molar-refractivity contribution in [1.29, 1.82) is 5.26 Å². The van der Waals surface area contributed by atoms with Crippen LogP contribution in [-0.2, 0) is 6.18 Å². The number of aromatic nitrogens is 2. The van der Waals surface area contributed by atoms with E-state index in [1.54, 1.807) is 36.4 Å². The molecule has 0 atom stereocenters. The van der Waals surface area contributed by atoms with Gasteiger partial charge in [0.1, 0.15) is 11.6 Å². The number of halogens is 4. The van der Waals surface area contributed by atoms with E-state index in [0.717, 1.165) is 24.4 Å². The Kier molecular flexibility index (Phi) is 5.66. The maximum atomic E-state index is 13.1. The van der Waals surface area contributed by atoms with Gasteiger partial charge < -0.3 is 0 Å². The Balaban J connectivity index is 1.95. The normalized spacial score (nSPS) is 11.4. The van der Waals surface area contributed by atoms with Crippen molar-refractivity contribution >= 4 is 23.8 Å². The molecule has 146 valence electrons. The molecule has 3 rings (SSSR count). The lowest BCUT2D eigenvalue weighted by molar-refractivity contribution is -0.137. The number of nitriles is 1. The van der Waals surface area contributed by atoms with Crippen LogP contribution in [0.3, 0.4) is 0 Å². The Morgan fingerprint density at radius 2 is 1.93 bits per heavy atom. The number of benzene rings is 2. The molecule has 0 amide bonds. The Hall–Kier alpha value is -3.64. The Labute approximate surface area is 167 Å². The summed E-state index contributed by atoms with van der Waals surface area (Å²) in [6.07, 6.45) is -3.68. The summed E-state index contributed by atoms with van der Waals surface area (Å²) in [6, 6.07) is 13.4. The second-order valence-corrected chi connectivity index (χ2v) is 6.15. The average Bonchev–Trinajstić information content (AvgIpc) is 2.67. The van der Waals surface area contributed by atoms with E-state index in [9.17, 15) is 23.2 Å². The van der Waals surface area contributed by atoms with Gasteiger partial charge in [0.25, 0.3) is 5.56 Å². The predicted molar refractivity (Wildman–Crippen MR) is 103 cm³/mol. The number of anilines is 1. The highest BCUT2D eigenvalue weighted by molar-refractivity contribution is 6.30. The van der Waals surface area contributed by atoms with E-state index in [0.29, 0.717) is 5.56 Å². The van der Waals surface area contributed by atoms with Gasteiger partial charge in [0.2, 0.25) is 5.95 Å². The van der Waals surface area contributed by atoms with Crippen molar-refractivity contribution in [3.63, 3.8) is 0 Å². The Morgan fingerprint density at radius 3 is 2.59 bits per heavy atom. The third-order valence-corrected chi connectivity index (χ3v) is 4.01. The van der Waals surface area contributed by atoms with Crippen molar-refractivity contribution in [3.8, 4) is 17.3 Å². The zero-order chi connectivity index (χ0) is 21.0. The van der Waals surface area contributed by atoms with Gasteiger partial charge in [-0.3, -0.25) is 9.78 Å². The number of hydrazone groups is 1. The van der Waals surface area contributed by atoms with Crippen LogP contribution in [0.5, 0.6) is 0 Å². The largest absolute Gasteiger partial charge is 0.417 e. The predicted octanol–water partition coefficient (Wildman–Crippen LogP) is 4.43. The topological polar surface area (TPSA) is 93.9 Å². The number of nitrogens with zero attached hydrogens (tertiary/aromatic N) is 3. The van der Waals surface area contributed by atoms with Crippen LogP contribution in [0.25, 0.3) is 11.3 Å². The van der Waals surface area contributed by atoms with E-state index in [1.165, 1.54) is 0 Å². The molecular formula is C19H11ClF3N5O. The van der Waals surface area contributed by atoms with Crippen LogP contribution in [0.15, 0.2) is 58.4 Å². The molecule has 0 aliphatic heterocycles. The van der Waals surface area contributed by atoms with Gasteiger partial charge in [0.15, 0.2) is 0 Å². The molecule has 2 aromatic carbocycles. The van der Waals surface area contributed by atoms with Crippen molar-refractivity contribution in [2.75, 3.05) is 5.43 Å². The summed E-state index contributed by atoms with van der Waals surface area (Å²) in [4.78, 5) is 18.6. The van der Waals surface area contributed by atoms with Crippen LogP contribution in [0.4, 0.5) is 19.1 Å². The standard InChI is InChI=1S/C19H11ClF3N5O/c20-13-6-7-15(19(21,22)23)12(8-13)10-25-28-18-26-16(11-4-2-1-3-5-11)14(9-24)17(29)27-18/h1-8,10H,(H2,26,27,28,29). The zero-order valence-corrected chi connectivity index (χ0v) is 15.2. The van der Waals surface area contributed by atoms with Crippen LogP contribution in [0.1, 0.15) is 16.7 Å². The highest BCUT2D eigenvalue weighted by Gasteiger charge is 2.32. The van der Waals surface area contributed by atoms with Gasteiger partial charge in [-0.1, -0.05) is 41.9 Å². The first kappa shape index (κ1) is 20.1. The van der Waals surface area contributed by atoms with Crippen LogP contribution in [0, 0.1) is 11.3 Å². The molecule has 2 N–H and O–H groups in total. The highest BCUT2D eigenvalue weighted by atomic mass is 35.5. The molecule has 1 heterocycles. The van der Waals surface area contributed by atoms with Gasteiger partial charge in [-0.25, -0.2) is 10.4 Å². The lowest BCUT2D eigenvalue weighted by Gasteiger charge is -2.10. The molecule has 0 unspecified atom stereocenters. The lowest BCUT2D eigenvalue weighted by atomic mass is 10.1. The molecule has 0 saturated carbocycles. The van der Waals surface area contributed by atoms with Gasteiger partial charge in [-0.15, -0.1) is 0 Å². The van der Waals surface area contributed by atoms with Crippen molar-refractivity contribution in [2.45, 2.75) is 6.18 Å². The first-order valence-electron chi connectivity index (χ1n) is 8.05. The molecule has 0 aliphatic carbocycles. The smallest absolute Gasteiger partial charge is 0.290 e. The molecule has 0 radical (unpaired) electrons. The van der Waals surface area contributed by atoms with E-state index in [1.807, 2.05) is 0 Å². The molecule has 0 spiro atoms. The van der Waals surface area contributed by atoms with Crippen LogP contribution in [0.2, 0.25) is 5.02 Å². The number of H-pyrrole nitrogens is 1. The van der Waals surface area contributed by atoms with E-state index in [4.69, 9.17) is 11.6 Å². The molecule has 0 aliphatic rings. The zero-order valence-electron chi connectivity index (χ0n) is 14.5. The summed E-state index contributed by atoms with van der Waals surface area (Å²) in [5, 5.41) is 13.0. The molecule has 10 heteroatoms. The SMILES string of the molecule is N#Cc1c(-c2ccccc2)nc(NN=Cc2cc(Cl)ccc2C(F)(F)F)[nH]c1=O. The van der Waals surface area contributed by atoms with E-state index in [-0.39, 0.29) is 27.8 Å². The van der Waals surface area contributed by atoms with Gasteiger partial charge in [-0.2, -0.15) is 23.5 Å². The molecule has 6 nitrogen and oxygen atoms in total. The molecule has 0 saturated heterocycles. The quantitative estimate of drug-likeness (QED) is 0.485. The van der Waals surface area contributed by atoms with E-state index >= 15 is 0 Å². The molecule has 3 aromatic rings. The van der Waals surface area contributed by atoms with Crippen molar-refractivity contribution < 1.29 is 13.2 Å². The first-order valence-corrected chi connectivity index (χ1v) is 8.43.